The van der Waals surface area contributed by atoms with Crippen molar-refractivity contribution in [3.05, 3.63) is 0 Å². The van der Waals surface area contributed by atoms with Crippen molar-refractivity contribution in [2.75, 3.05) is 31.9 Å². The number of amides is 2. The molecular formula is C15H29N3O6S. The fraction of sp³-hybridized carbons (Fsp3) is 0.867. The molecule has 1 fully saturated rings. The van der Waals surface area contributed by atoms with Crippen LogP contribution in [0.1, 0.15) is 34.6 Å². The Labute approximate surface area is 149 Å². The SMILES string of the molecule is C[C@@H]1CN(S(=O)(=O)CCNC(=O)CNC(=O)OC(C)(C)C)C[C@@H](C)O1. The molecule has 0 aromatic heterocycles. The summed E-state index contributed by atoms with van der Waals surface area (Å²) < 4.78 is 36.5. The molecule has 0 saturated carbocycles. The number of ether oxygens (including phenoxy) is 2. The van der Waals surface area contributed by atoms with Gasteiger partial charge in [0.2, 0.25) is 15.9 Å². The van der Waals surface area contributed by atoms with Crippen LogP contribution in [0.4, 0.5) is 4.79 Å². The van der Waals surface area contributed by atoms with E-state index in [1.165, 1.54) is 4.31 Å². The van der Waals surface area contributed by atoms with Gasteiger partial charge in [-0.05, 0) is 34.6 Å². The number of morpholine rings is 1. The fourth-order valence-electron chi connectivity index (χ4n) is 2.34. The molecule has 0 aromatic carbocycles. The predicted molar refractivity (Wildman–Crippen MR) is 92.6 cm³/mol. The van der Waals surface area contributed by atoms with Crippen LogP contribution in [-0.2, 0) is 24.3 Å². The quantitative estimate of drug-likeness (QED) is 0.675. The lowest BCUT2D eigenvalue weighted by Crippen LogP contribution is -2.50. The van der Waals surface area contributed by atoms with Crippen LogP contribution < -0.4 is 10.6 Å². The number of rotatable bonds is 6. The number of nitrogens with zero attached hydrogens (tertiary/aromatic N) is 1. The van der Waals surface area contributed by atoms with Gasteiger partial charge in [0.1, 0.15) is 5.60 Å². The van der Waals surface area contributed by atoms with Crippen LogP contribution in [0.25, 0.3) is 0 Å². The third kappa shape index (κ3) is 8.50. The highest BCUT2D eigenvalue weighted by Gasteiger charge is 2.30. The minimum absolute atomic E-state index is 0.0305. The first kappa shape index (κ1) is 21.7. The van der Waals surface area contributed by atoms with E-state index in [9.17, 15) is 18.0 Å². The summed E-state index contributed by atoms with van der Waals surface area (Å²) in [4.78, 5) is 23.1. The molecule has 0 unspecified atom stereocenters. The van der Waals surface area contributed by atoms with Gasteiger partial charge in [-0.2, -0.15) is 4.31 Å². The molecular weight excluding hydrogens is 350 g/mol. The lowest BCUT2D eigenvalue weighted by Gasteiger charge is -2.34. The lowest BCUT2D eigenvalue weighted by atomic mass is 10.2. The zero-order valence-corrected chi connectivity index (χ0v) is 16.3. The second kappa shape index (κ2) is 8.81. The number of carbonyl (C=O) groups is 2. The first-order chi connectivity index (χ1) is 11.4. The Balaban J connectivity index is 2.33. The maximum absolute atomic E-state index is 12.3. The van der Waals surface area contributed by atoms with Crippen LogP contribution in [0.5, 0.6) is 0 Å². The van der Waals surface area contributed by atoms with Crippen LogP contribution in [0, 0.1) is 0 Å². The molecule has 0 bridgehead atoms. The van der Waals surface area contributed by atoms with Gasteiger partial charge in [0.15, 0.2) is 0 Å². The van der Waals surface area contributed by atoms with E-state index in [4.69, 9.17) is 9.47 Å². The summed E-state index contributed by atoms with van der Waals surface area (Å²) >= 11 is 0. The third-order valence-corrected chi connectivity index (χ3v) is 5.06. The molecule has 1 aliphatic rings. The van der Waals surface area contributed by atoms with E-state index in [-0.39, 0.29) is 31.1 Å². The summed E-state index contributed by atoms with van der Waals surface area (Å²) in [6.45, 7) is 9.09. The highest BCUT2D eigenvalue weighted by molar-refractivity contribution is 7.89. The molecule has 10 heteroatoms. The highest BCUT2D eigenvalue weighted by Crippen LogP contribution is 2.14. The van der Waals surface area contributed by atoms with E-state index in [0.717, 1.165) is 0 Å². The van der Waals surface area contributed by atoms with Crippen LogP contribution in [0.3, 0.4) is 0 Å². The summed E-state index contributed by atoms with van der Waals surface area (Å²) in [6.07, 6.45) is -1.02. The van der Waals surface area contributed by atoms with Gasteiger partial charge in [0, 0.05) is 19.6 Å². The van der Waals surface area contributed by atoms with Gasteiger partial charge in [0.25, 0.3) is 0 Å². The van der Waals surface area contributed by atoms with E-state index >= 15 is 0 Å². The van der Waals surface area contributed by atoms with Gasteiger partial charge in [-0.25, -0.2) is 13.2 Å². The number of nitrogens with one attached hydrogen (secondary N) is 2. The summed E-state index contributed by atoms with van der Waals surface area (Å²) in [5.74, 6) is -0.685. The molecule has 0 spiro atoms. The highest BCUT2D eigenvalue weighted by atomic mass is 32.2. The number of hydrogen-bond donors (Lipinski definition) is 2. The van der Waals surface area contributed by atoms with Crippen molar-refractivity contribution in [1.29, 1.82) is 0 Å². The summed E-state index contributed by atoms with van der Waals surface area (Å²) in [6, 6.07) is 0. The van der Waals surface area contributed by atoms with Gasteiger partial charge >= 0.3 is 6.09 Å². The Morgan fingerprint density at radius 2 is 1.72 bits per heavy atom. The van der Waals surface area contributed by atoms with E-state index in [2.05, 4.69) is 10.6 Å². The molecule has 2 amide bonds. The van der Waals surface area contributed by atoms with Gasteiger partial charge in [-0.15, -0.1) is 0 Å². The standard InChI is InChI=1S/C15H29N3O6S/c1-11-9-18(10-12(2)23-11)25(21,22)7-6-16-13(19)8-17-14(20)24-15(3,4)5/h11-12H,6-10H2,1-5H3,(H,16,19)(H,17,20)/t11-,12-/m1/s1. The van der Waals surface area contributed by atoms with E-state index < -0.39 is 27.6 Å². The van der Waals surface area contributed by atoms with Crippen LogP contribution in [-0.4, -0.2) is 74.5 Å². The second-order valence-electron chi connectivity index (χ2n) is 7.10. The Morgan fingerprint density at radius 1 is 1.16 bits per heavy atom. The van der Waals surface area contributed by atoms with Gasteiger partial charge < -0.3 is 20.1 Å². The maximum Gasteiger partial charge on any atom is 0.408 e. The van der Waals surface area contributed by atoms with Crippen molar-refractivity contribution in [2.45, 2.75) is 52.4 Å². The number of alkyl carbamates (subject to hydrolysis) is 1. The maximum atomic E-state index is 12.3. The van der Waals surface area contributed by atoms with Crippen LogP contribution >= 0.6 is 0 Å². The molecule has 1 heterocycles. The minimum Gasteiger partial charge on any atom is -0.444 e. The van der Waals surface area contributed by atoms with Crippen molar-refractivity contribution in [2.24, 2.45) is 0 Å². The predicted octanol–water partition coefficient (Wildman–Crippen LogP) is 0.0663. The normalized spacial score (nSPS) is 22.3. The Morgan fingerprint density at radius 3 is 2.24 bits per heavy atom. The largest absolute Gasteiger partial charge is 0.444 e. The second-order valence-corrected chi connectivity index (χ2v) is 9.18. The molecule has 9 nitrogen and oxygen atoms in total. The lowest BCUT2D eigenvalue weighted by molar-refractivity contribution is -0.120. The van der Waals surface area contributed by atoms with Gasteiger partial charge in [-0.1, -0.05) is 0 Å². The van der Waals surface area contributed by atoms with Crippen molar-refractivity contribution in [3.63, 3.8) is 0 Å². The van der Waals surface area contributed by atoms with Crippen LogP contribution in [0.2, 0.25) is 0 Å². The Hall–Kier alpha value is -1.39. The minimum atomic E-state index is -3.47. The van der Waals surface area contributed by atoms with E-state index in [0.29, 0.717) is 13.1 Å². The first-order valence-electron chi connectivity index (χ1n) is 8.26. The summed E-state index contributed by atoms with van der Waals surface area (Å²) in [5.41, 5.74) is -0.652. The van der Waals surface area contributed by atoms with Crippen molar-refractivity contribution < 1.29 is 27.5 Å². The van der Waals surface area contributed by atoms with Crippen molar-refractivity contribution >= 4 is 22.0 Å². The number of hydrogen-bond acceptors (Lipinski definition) is 6. The summed E-state index contributed by atoms with van der Waals surface area (Å²) in [5, 5.41) is 4.78. The Kier molecular flexibility index (Phi) is 7.63. The third-order valence-electron chi connectivity index (χ3n) is 3.25. The molecule has 1 rings (SSSR count). The smallest absolute Gasteiger partial charge is 0.408 e. The molecule has 2 atom stereocenters. The van der Waals surface area contributed by atoms with Crippen molar-refractivity contribution in [1.82, 2.24) is 14.9 Å². The number of sulfonamides is 1. The van der Waals surface area contributed by atoms with Crippen molar-refractivity contribution in [3.8, 4) is 0 Å². The monoisotopic (exact) mass is 379 g/mol. The van der Waals surface area contributed by atoms with Gasteiger partial charge in [-0.3, -0.25) is 4.79 Å². The molecule has 2 N–H and O–H groups in total. The molecule has 25 heavy (non-hydrogen) atoms. The molecule has 1 saturated heterocycles. The van der Waals surface area contributed by atoms with E-state index in [1.807, 2.05) is 13.8 Å². The molecule has 0 aliphatic carbocycles. The zero-order valence-electron chi connectivity index (χ0n) is 15.5. The average Bonchev–Trinajstić information content (AvgIpc) is 2.42. The fourth-order valence-corrected chi connectivity index (χ4v) is 3.83. The molecule has 146 valence electrons. The van der Waals surface area contributed by atoms with Gasteiger partial charge in [0.05, 0.1) is 24.5 Å². The molecule has 0 radical (unpaired) electrons. The molecule has 1 aliphatic heterocycles. The van der Waals surface area contributed by atoms with Crippen LogP contribution in [0.15, 0.2) is 0 Å². The summed E-state index contributed by atoms with van der Waals surface area (Å²) in [7, 11) is -3.47. The first-order valence-corrected chi connectivity index (χ1v) is 9.87. The zero-order chi connectivity index (χ0) is 19.3. The van der Waals surface area contributed by atoms with E-state index in [1.54, 1.807) is 20.8 Å². The Bertz CT molecular complexity index is 562. The number of carbonyl (C=O) groups excluding carboxylic acids is 2. The average molecular weight is 379 g/mol. The molecule has 0 aromatic rings. The topological polar surface area (TPSA) is 114 Å².